The van der Waals surface area contributed by atoms with Gasteiger partial charge < -0.3 is 4.98 Å². The first-order chi connectivity index (χ1) is 14.8. The number of carbonyl (C=O) groups excluding carboxylic acids is 2. The molecule has 1 saturated heterocycles. The van der Waals surface area contributed by atoms with Crippen LogP contribution in [0.1, 0.15) is 21.9 Å². The van der Waals surface area contributed by atoms with Crippen LogP contribution < -0.4 is 9.77 Å². The summed E-state index contributed by atoms with van der Waals surface area (Å²) in [5.74, 6) is -3.08. The number of thiazole rings is 1. The van der Waals surface area contributed by atoms with Crippen LogP contribution in [0.4, 0.5) is 18.9 Å². The van der Waals surface area contributed by atoms with Crippen molar-refractivity contribution in [3.05, 3.63) is 74.5 Å². The standard InChI is InChI=1S/C20H12F3N3O3S2/c21-20(22,23)10-5-1-2-6-11(10)26-17(27)13-12(9-4-3-7-24-8-9)14-16(25-19(29)31-14)30-15(13)18(26)28/h1-8,12-13,15H,(H,25,29)/t12-,13?,15?/m1/s1. The molecule has 1 N–H and O–H groups in total. The Labute approximate surface area is 181 Å². The lowest BCUT2D eigenvalue weighted by molar-refractivity contribution is -0.137. The number of pyridine rings is 1. The van der Waals surface area contributed by atoms with Crippen molar-refractivity contribution in [1.82, 2.24) is 9.97 Å². The van der Waals surface area contributed by atoms with Gasteiger partial charge in [0.2, 0.25) is 11.8 Å². The second-order valence-electron chi connectivity index (χ2n) is 7.06. The summed E-state index contributed by atoms with van der Waals surface area (Å²) in [6.07, 6.45) is -1.65. The fourth-order valence-electron chi connectivity index (χ4n) is 4.08. The van der Waals surface area contributed by atoms with Crippen molar-refractivity contribution in [3.63, 3.8) is 0 Å². The molecule has 2 aliphatic rings. The quantitative estimate of drug-likeness (QED) is 0.587. The van der Waals surface area contributed by atoms with E-state index in [1.54, 1.807) is 18.3 Å². The lowest BCUT2D eigenvalue weighted by Crippen LogP contribution is -2.33. The molecule has 3 aromatic rings. The van der Waals surface area contributed by atoms with Gasteiger partial charge in [-0.1, -0.05) is 41.3 Å². The second-order valence-corrected chi connectivity index (χ2v) is 9.23. The minimum atomic E-state index is -4.73. The van der Waals surface area contributed by atoms with Crippen LogP contribution >= 0.6 is 23.1 Å². The molecule has 5 rings (SSSR count). The normalized spacial score (nSPS) is 23.1. The summed E-state index contributed by atoms with van der Waals surface area (Å²) >= 11 is 1.94. The van der Waals surface area contributed by atoms with Crippen LogP contribution in [-0.2, 0) is 15.8 Å². The number of hydrogen-bond acceptors (Lipinski definition) is 6. The van der Waals surface area contributed by atoms with Crippen LogP contribution in [-0.4, -0.2) is 27.0 Å². The first-order valence-corrected chi connectivity index (χ1v) is 10.8. The van der Waals surface area contributed by atoms with E-state index in [0.29, 0.717) is 20.4 Å². The molecule has 158 valence electrons. The monoisotopic (exact) mass is 463 g/mol. The van der Waals surface area contributed by atoms with E-state index in [2.05, 4.69) is 9.97 Å². The summed E-state index contributed by atoms with van der Waals surface area (Å²) in [7, 11) is 0. The molecule has 0 saturated carbocycles. The van der Waals surface area contributed by atoms with E-state index in [9.17, 15) is 27.6 Å². The third-order valence-corrected chi connectivity index (χ3v) is 7.72. The summed E-state index contributed by atoms with van der Waals surface area (Å²) in [6.45, 7) is 0. The topological polar surface area (TPSA) is 83.1 Å². The maximum Gasteiger partial charge on any atom is 0.418 e. The third kappa shape index (κ3) is 3.10. The van der Waals surface area contributed by atoms with Gasteiger partial charge in [-0.3, -0.25) is 19.4 Å². The van der Waals surface area contributed by atoms with Gasteiger partial charge in [0, 0.05) is 23.2 Å². The van der Waals surface area contributed by atoms with Crippen molar-refractivity contribution >= 4 is 40.6 Å². The number of thioether (sulfide) groups is 1. The number of carbonyl (C=O) groups is 2. The molecule has 1 fully saturated rings. The summed E-state index contributed by atoms with van der Waals surface area (Å²) in [6, 6.07) is 7.92. The summed E-state index contributed by atoms with van der Waals surface area (Å²) in [4.78, 5) is 46.3. The number of aromatic nitrogens is 2. The van der Waals surface area contributed by atoms with Gasteiger partial charge >= 0.3 is 11.0 Å². The predicted molar refractivity (Wildman–Crippen MR) is 108 cm³/mol. The van der Waals surface area contributed by atoms with Crippen molar-refractivity contribution in [2.24, 2.45) is 5.92 Å². The number of nitrogens with one attached hydrogen (secondary N) is 1. The first-order valence-electron chi connectivity index (χ1n) is 9.11. The van der Waals surface area contributed by atoms with E-state index in [1.807, 2.05) is 0 Å². The third-order valence-electron chi connectivity index (χ3n) is 5.32. The highest BCUT2D eigenvalue weighted by molar-refractivity contribution is 8.00. The van der Waals surface area contributed by atoms with Crippen LogP contribution in [0.15, 0.2) is 58.6 Å². The highest BCUT2D eigenvalue weighted by Gasteiger charge is 2.57. The van der Waals surface area contributed by atoms with Crippen LogP contribution in [0.3, 0.4) is 0 Å². The first kappa shape index (κ1) is 20.0. The van der Waals surface area contributed by atoms with Crippen molar-refractivity contribution in [2.75, 3.05) is 4.90 Å². The summed E-state index contributed by atoms with van der Waals surface area (Å²) in [5.41, 5.74) is -0.926. The molecule has 6 nitrogen and oxygen atoms in total. The molecule has 0 bridgehead atoms. The molecule has 2 aromatic heterocycles. The Morgan fingerprint density at radius 1 is 1.03 bits per heavy atom. The number of H-pyrrole nitrogens is 1. The molecule has 0 spiro atoms. The molecule has 31 heavy (non-hydrogen) atoms. The molecule has 1 aromatic carbocycles. The van der Waals surface area contributed by atoms with E-state index in [0.717, 1.165) is 35.2 Å². The number of halogens is 3. The zero-order valence-corrected chi connectivity index (χ0v) is 17.1. The molecular formula is C20H12F3N3O3S2. The number of alkyl halides is 3. The largest absolute Gasteiger partial charge is 0.418 e. The lowest BCUT2D eigenvalue weighted by Gasteiger charge is -2.29. The summed E-state index contributed by atoms with van der Waals surface area (Å²) < 4.78 is 40.7. The van der Waals surface area contributed by atoms with Gasteiger partial charge in [0.25, 0.3) is 0 Å². The van der Waals surface area contributed by atoms with Gasteiger partial charge in [0.15, 0.2) is 0 Å². The lowest BCUT2D eigenvalue weighted by atomic mass is 9.84. The average molecular weight is 463 g/mol. The molecular weight excluding hydrogens is 451 g/mol. The fraction of sp³-hybridized carbons (Fsp3) is 0.200. The average Bonchev–Trinajstić information content (AvgIpc) is 3.23. The van der Waals surface area contributed by atoms with Crippen LogP contribution in [0.2, 0.25) is 0 Å². The van der Waals surface area contributed by atoms with Crippen molar-refractivity contribution < 1.29 is 22.8 Å². The number of fused-ring (bicyclic) bond motifs is 2. The number of benzene rings is 1. The van der Waals surface area contributed by atoms with Crippen LogP contribution in [0.5, 0.6) is 0 Å². The van der Waals surface area contributed by atoms with E-state index in [-0.39, 0.29) is 4.87 Å². The van der Waals surface area contributed by atoms with Crippen molar-refractivity contribution in [3.8, 4) is 0 Å². The maximum atomic E-state index is 13.6. The predicted octanol–water partition coefficient (Wildman–Crippen LogP) is 3.65. The maximum absolute atomic E-state index is 13.6. The molecule has 11 heteroatoms. The highest BCUT2D eigenvalue weighted by atomic mass is 32.2. The van der Waals surface area contributed by atoms with Gasteiger partial charge in [-0.25, -0.2) is 4.90 Å². The van der Waals surface area contributed by atoms with E-state index in [4.69, 9.17) is 0 Å². The molecule has 3 atom stereocenters. The number of amides is 2. The minimum Gasteiger partial charge on any atom is -0.307 e. The van der Waals surface area contributed by atoms with Gasteiger partial charge in [-0.15, -0.1) is 0 Å². The highest BCUT2D eigenvalue weighted by Crippen LogP contribution is 2.53. The number of imide groups is 1. The molecule has 2 unspecified atom stereocenters. The number of para-hydroxylation sites is 1. The Morgan fingerprint density at radius 2 is 1.81 bits per heavy atom. The molecule has 2 amide bonds. The van der Waals surface area contributed by atoms with Crippen molar-refractivity contribution in [1.29, 1.82) is 0 Å². The zero-order chi connectivity index (χ0) is 21.9. The van der Waals surface area contributed by atoms with E-state index in [1.165, 1.54) is 18.3 Å². The Kier molecular flexibility index (Phi) is 4.56. The number of anilines is 1. The van der Waals surface area contributed by atoms with Crippen LogP contribution in [0.25, 0.3) is 0 Å². The van der Waals surface area contributed by atoms with Gasteiger partial charge in [0.05, 0.1) is 22.2 Å². The minimum absolute atomic E-state index is 0.328. The van der Waals surface area contributed by atoms with Gasteiger partial charge in [-0.05, 0) is 23.8 Å². The molecule has 0 aliphatic carbocycles. The van der Waals surface area contributed by atoms with Gasteiger partial charge in [-0.2, -0.15) is 13.2 Å². The van der Waals surface area contributed by atoms with E-state index < -0.39 is 46.3 Å². The van der Waals surface area contributed by atoms with Crippen LogP contribution in [0, 0.1) is 5.92 Å². The smallest absolute Gasteiger partial charge is 0.307 e. The number of nitrogens with zero attached hydrogens (tertiary/aromatic N) is 2. The Morgan fingerprint density at radius 3 is 2.52 bits per heavy atom. The molecule has 0 radical (unpaired) electrons. The fourth-order valence-corrected chi connectivity index (χ4v) is 6.60. The Bertz CT molecular complexity index is 1260. The number of hydrogen-bond donors (Lipinski definition) is 1. The molecule has 4 heterocycles. The Hall–Kier alpha value is -2.92. The molecule has 2 aliphatic heterocycles. The van der Waals surface area contributed by atoms with Crippen molar-refractivity contribution in [2.45, 2.75) is 22.4 Å². The SMILES string of the molecule is O=C1C2Sc3[nH]c(=O)sc3[C@H](c3cccnc3)C2C(=O)N1c1ccccc1C(F)(F)F. The zero-order valence-electron chi connectivity index (χ0n) is 15.4. The number of aromatic amines is 1. The second kappa shape index (κ2) is 7.06. The summed E-state index contributed by atoms with van der Waals surface area (Å²) in [5, 5.41) is -0.506. The van der Waals surface area contributed by atoms with E-state index >= 15 is 0 Å². The Balaban J connectivity index is 1.67. The number of rotatable bonds is 2. The van der Waals surface area contributed by atoms with Gasteiger partial charge in [0.1, 0.15) is 5.25 Å².